The molecule has 88 valence electrons. The fourth-order valence-electron chi connectivity index (χ4n) is 1.86. The minimum Gasteiger partial charge on any atom is -0.447 e. The molecule has 0 heterocycles. The number of nitrogens with one attached hydrogen (secondary N) is 1. The van der Waals surface area contributed by atoms with E-state index in [1.54, 1.807) is 0 Å². The van der Waals surface area contributed by atoms with E-state index >= 15 is 0 Å². The van der Waals surface area contributed by atoms with Gasteiger partial charge in [-0.15, -0.1) is 0 Å². The quantitative estimate of drug-likeness (QED) is 0.691. The number of hydrogen-bond donors (Lipinski definition) is 2. The lowest BCUT2D eigenvalue weighted by atomic mass is 10.1. The fourth-order valence-corrected chi connectivity index (χ4v) is 1.86. The van der Waals surface area contributed by atoms with Gasteiger partial charge in [0.2, 0.25) is 0 Å². The first-order chi connectivity index (χ1) is 7.09. The number of carbonyl (C=O) groups is 1. The summed E-state index contributed by atoms with van der Waals surface area (Å²) in [6.45, 7) is 3.62. The van der Waals surface area contributed by atoms with Crippen LogP contribution in [0.25, 0.3) is 0 Å². The molecule has 0 spiro atoms. The molecule has 1 amide bonds. The highest BCUT2D eigenvalue weighted by Crippen LogP contribution is 2.18. The molecule has 0 aromatic rings. The van der Waals surface area contributed by atoms with Crippen molar-refractivity contribution in [1.82, 2.24) is 5.32 Å². The van der Waals surface area contributed by atoms with Gasteiger partial charge in [-0.2, -0.15) is 0 Å². The van der Waals surface area contributed by atoms with Crippen LogP contribution in [0.2, 0.25) is 0 Å². The van der Waals surface area contributed by atoms with Crippen LogP contribution in [0, 0.1) is 0 Å². The van der Waals surface area contributed by atoms with Crippen LogP contribution in [0.5, 0.6) is 0 Å². The molecule has 1 rings (SSSR count). The molecule has 1 saturated carbocycles. The Hall–Kier alpha value is -0.770. The second kappa shape index (κ2) is 5.95. The molecule has 4 nitrogen and oxygen atoms in total. The average molecular weight is 215 g/mol. The Kier molecular flexibility index (Phi) is 4.88. The first-order valence-electron chi connectivity index (χ1n) is 5.75. The maximum atomic E-state index is 11.3. The zero-order valence-corrected chi connectivity index (χ0v) is 9.53. The number of alkyl carbamates (subject to hydrolysis) is 1. The van der Waals surface area contributed by atoms with Crippen molar-refractivity contribution in [1.29, 1.82) is 0 Å². The molecule has 0 radical (unpaired) electrons. The third-order valence-corrected chi connectivity index (χ3v) is 2.63. The molecular formula is C11H21NO3. The SMILES string of the molecule is CC(C)OC(=O)NC1CCCCCC1O. The number of aliphatic hydroxyl groups excluding tert-OH is 1. The highest BCUT2D eigenvalue weighted by Gasteiger charge is 2.23. The molecule has 4 heteroatoms. The third-order valence-electron chi connectivity index (χ3n) is 2.63. The minimum absolute atomic E-state index is 0.118. The van der Waals surface area contributed by atoms with Gasteiger partial charge in [-0.3, -0.25) is 0 Å². The van der Waals surface area contributed by atoms with Gasteiger partial charge >= 0.3 is 6.09 Å². The first kappa shape index (κ1) is 12.3. The molecule has 0 aromatic carbocycles. The van der Waals surface area contributed by atoms with Crippen LogP contribution in [0.15, 0.2) is 0 Å². The van der Waals surface area contributed by atoms with Crippen LogP contribution in [0.4, 0.5) is 4.79 Å². The lowest BCUT2D eigenvalue weighted by Gasteiger charge is -2.22. The van der Waals surface area contributed by atoms with Gasteiger partial charge in [-0.05, 0) is 26.7 Å². The van der Waals surface area contributed by atoms with E-state index in [1.165, 1.54) is 0 Å². The Balaban J connectivity index is 2.37. The van der Waals surface area contributed by atoms with Gasteiger partial charge in [0.15, 0.2) is 0 Å². The number of aliphatic hydroxyl groups is 1. The summed E-state index contributed by atoms with van der Waals surface area (Å²) in [5.41, 5.74) is 0. The molecule has 2 atom stereocenters. The summed E-state index contributed by atoms with van der Waals surface area (Å²) in [6.07, 6.45) is 3.88. The van der Waals surface area contributed by atoms with Crippen molar-refractivity contribution in [3.05, 3.63) is 0 Å². The molecule has 2 N–H and O–H groups in total. The zero-order chi connectivity index (χ0) is 11.3. The van der Waals surface area contributed by atoms with E-state index in [0.29, 0.717) is 0 Å². The van der Waals surface area contributed by atoms with Crippen LogP contribution in [-0.2, 0) is 4.74 Å². The summed E-state index contributed by atoms with van der Waals surface area (Å²) in [5.74, 6) is 0. The second-order valence-corrected chi connectivity index (χ2v) is 4.41. The smallest absolute Gasteiger partial charge is 0.407 e. The van der Waals surface area contributed by atoms with Crippen molar-refractivity contribution < 1.29 is 14.6 Å². The summed E-state index contributed by atoms with van der Waals surface area (Å²) in [4.78, 5) is 11.3. The Bertz CT molecular complexity index is 206. The lowest BCUT2D eigenvalue weighted by Crippen LogP contribution is -2.43. The van der Waals surface area contributed by atoms with Crippen molar-refractivity contribution in [3.8, 4) is 0 Å². The Morgan fingerprint density at radius 2 is 2.00 bits per heavy atom. The number of carbonyl (C=O) groups excluding carboxylic acids is 1. The molecule has 0 aromatic heterocycles. The van der Waals surface area contributed by atoms with Crippen LogP contribution >= 0.6 is 0 Å². The molecule has 0 bridgehead atoms. The van der Waals surface area contributed by atoms with E-state index in [1.807, 2.05) is 13.8 Å². The normalized spacial score (nSPS) is 27.2. The maximum absolute atomic E-state index is 11.3. The number of ether oxygens (including phenoxy) is 1. The zero-order valence-electron chi connectivity index (χ0n) is 9.53. The molecule has 0 saturated heterocycles. The minimum atomic E-state index is -0.424. The van der Waals surface area contributed by atoms with Gasteiger partial charge in [0.1, 0.15) is 0 Å². The highest BCUT2D eigenvalue weighted by molar-refractivity contribution is 5.67. The van der Waals surface area contributed by atoms with E-state index in [4.69, 9.17) is 4.74 Å². The molecular weight excluding hydrogens is 194 g/mol. The number of rotatable bonds is 2. The summed E-state index contributed by atoms with van der Waals surface area (Å²) in [7, 11) is 0. The average Bonchev–Trinajstić information content (AvgIpc) is 2.30. The Morgan fingerprint density at radius 3 is 2.67 bits per heavy atom. The van der Waals surface area contributed by atoms with Crippen LogP contribution in [0.3, 0.4) is 0 Å². The second-order valence-electron chi connectivity index (χ2n) is 4.41. The van der Waals surface area contributed by atoms with Crippen molar-refractivity contribution in [2.45, 2.75) is 64.2 Å². The van der Waals surface area contributed by atoms with Gasteiger partial charge in [0.25, 0.3) is 0 Å². The predicted octanol–water partition coefficient (Wildman–Crippen LogP) is 1.81. The lowest BCUT2D eigenvalue weighted by molar-refractivity contribution is 0.0863. The number of hydrogen-bond acceptors (Lipinski definition) is 3. The third kappa shape index (κ3) is 4.51. The molecule has 1 aliphatic carbocycles. The summed E-state index contributed by atoms with van der Waals surface area (Å²) in [6, 6.07) is -0.140. The van der Waals surface area contributed by atoms with E-state index in [-0.39, 0.29) is 12.1 Å². The predicted molar refractivity (Wildman–Crippen MR) is 57.6 cm³/mol. The molecule has 1 fully saturated rings. The fraction of sp³-hybridized carbons (Fsp3) is 0.909. The van der Waals surface area contributed by atoms with E-state index in [9.17, 15) is 9.90 Å². The summed E-state index contributed by atoms with van der Waals surface area (Å²) >= 11 is 0. The Labute approximate surface area is 91.0 Å². The van der Waals surface area contributed by atoms with Gasteiger partial charge in [0, 0.05) is 0 Å². The van der Waals surface area contributed by atoms with Crippen molar-refractivity contribution in [2.75, 3.05) is 0 Å². The van der Waals surface area contributed by atoms with Crippen molar-refractivity contribution in [3.63, 3.8) is 0 Å². The van der Waals surface area contributed by atoms with E-state index < -0.39 is 12.2 Å². The van der Waals surface area contributed by atoms with E-state index in [2.05, 4.69) is 5.32 Å². The van der Waals surface area contributed by atoms with Crippen molar-refractivity contribution >= 4 is 6.09 Å². The standard InChI is InChI=1S/C11H21NO3/c1-8(2)15-11(14)12-9-6-4-3-5-7-10(9)13/h8-10,13H,3-7H2,1-2H3,(H,12,14). The first-order valence-corrected chi connectivity index (χ1v) is 5.75. The van der Waals surface area contributed by atoms with Gasteiger partial charge in [-0.1, -0.05) is 19.3 Å². The van der Waals surface area contributed by atoms with Gasteiger partial charge < -0.3 is 15.2 Å². The van der Waals surface area contributed by atoms with Crippen LogP contribution < -0.4 is 5.32 Å². The monoisotopic (exact) mass is 215 g/mol. The molecule has 0 aliphatic heterocycles. The van der Waals surface area contributed by atoms with Crippen LogP contribution in [-0.4, -0.2) is 29.4 Å². The van der Waals surface area contributed by atoms with Crippen LogP contribution in [0.1, 0.15) is 46.0 Å². The maximum Gasteiger partial charge on any atom is 0.407 e. The number of amides is 1. The molecule has 15 heavy (non-hydrogen) atoms. The van der Waals surface area contributed by atoms with E-state index in [0.717, 1.165) is 32.1 Å². The molecule has 1 aliphatic rings. The summed E-state index contributed by atoms with van der Waals surface area (Å²) < 4.78 is 4.98. The van der Waals surface area contributed by atoms with Gasteiger partial charge in [0.05, 0.1) is 18.2 Å². The largest absolute Gasteiger partial charge is 0.447 e. The molecule has 2 unspecified atom stereocenters. The van der Waals surface area contributed by atoms with Gasteiger partial charge in [-0.25, -0.2) is 4.79 Å². The van der Waals surface area contributed by atoms with Crippen molar-refractivity contribution in [2.24, 2.45) is 0 Å². The Morgan fingerprint density at radius 1 is 1.33 bits per heavy atom. The highest BCUT2D eigenvalue weighted by atomic mass is 16.6. The topological polar surface area (TPSA) is 58.6 Å². The summed E-state index contributed by atoms with van der Waals surface area (Å²) in [5, 5.41) is 12.5.